The Kier molecular flexibility index (Phi) is 4.10. The van der Waals surface area contributed by atoms with Crippen molar-refractivity contribution in [1.82, 2.24) is 20.0 Å². The molecule has 2 fully saturated rings. The second kappa shape index (κ2) is 5.73. The molecule has 2 unspecified atom stereocenters. The third-order valence-corrected chi connectivity index (χ3v) is 5.03. The van der Waals surface area contributed by atoms with E-state index in [0.717, 1.165) is 25.6 Å². The Morgan fingerprint density at radius 3 is 2.67 bits per heavy atom. The summed E-state index contributed by atoms with van der Waals surface area (Å²) in [5.74, 6) is 0.923. The van der Waals surface area contributed by atoms with Gasteiger partial charge in [0.15, 0.2) is 0 Å². The quantitative estimate of drug-likeness (QED) is 0.925. The number of nitrogens with one attached hydrogen (secondary N) is 1. The average molecular weight is 290 g/mol. The zero-order valence-corrected chi connectivity index (χ0v) is 14.0. The van der Waals surface area contributed by atoms with E-state index >= 15 is 0 Å². The van der Waals surface area contributed by atoms with E-state index in [4.69, 9.17) is 0 Å². The standard InChI is InChI=1S/C17H30N4/c1-5-21-11-13(8-19-21)10-20-12-15(14-6-7-14)18-9-16(20)17(2,3)4/h8,11,14-16,18H,5-7,9-10,12H2,1-4H3. The van der Waals surface area contributed by atoms with Crippen molar-refractivity contribution in [2.45, 2.75) is 65.7 Å². The average Bonchev–Trinajstić information content (AvgIpc) is 3.18. The van der Waals surface area contributed by atoms with Crippen LogP contribution in [0.15, 0.2) is 12.4 Å². The fraction of sp³-hybridized carbons (Fsp3) is 0.824. The molecular formula is C17H30N4. The van der Waals surface area contributed by atoms with Crippen molar-refractivity contribution in [2.75, 3.05) is 13.1 Å². The van der Waals surface area contributed by atoms with E-state index < -0.39 is 0 Å². The van der Waals surface area contributed by atoms with Gasteiger partial charge in [0.1, 0.15) is 0 Å². The highest BCUT2D eigenvalue weighted by Gasteiger charge is 2.40. The smallest absolute Gasteiger partial charge is 0.0534 e. The van der Waals surface area contributed by atoms with Crippen LogP contribution in [0.3, 0.4) is 0 Å². The van der Waals surface area contributed by atoms with Crippen molar-refractivity contribution in [3.8, 4) is 0 Å². The minimum Gasteiger partial charge on any atom is -0.311 e. The van der Waals surface area contributed by atoms with Gasteiger partial charge < -0.3 is 5.32 Å². The van der Waals surface area contributed by atoms with Crippen LogP contribution in [0, 0.1) is 11.3 Å². The molecule has 1 aromatic heterocycles. The summed E-state index contributed by atoms with van der Waals surface area (Å²) in [6.45, 7) is 13.5. The predicted molar refractivity (Wildman–Crippen MR) is 86.1 cm³/mol. The first kappa shape index (κ1) is 15.0. The monoisotopic (exact) mass is 290 g/mol. The van der Waals surface area contributed by atoms with Gasteiger partial charge in [-0.2, -0.15) is 5.10 Å². The molecule has 1 N–H and O–H groups in total. The molecule has 21 heavy (non-hydrogen) atoms. The zero-order chi connectivity index (χ0) is 15.0. The molecule has 2 atom stereocenters. The number of nitrogens with zero attached hydrogens (tertiary/aromatic N) is 3. The van der Waals surface area contributed by atoms with Crippen molar-refractivity contribution in [3.63, 3.8) is 0 Å². The summed E-state index contributed by atoms with van der Waals surface area (Å²) >= 11 is 0. The van der Waals surface area contributed by atoms with E-state index in [1.54, 1.807) is 0 Å². The second-order valence-corrected chi connectivity index (χ2v) is 7.87. The molecule has 1 aromatic rings. The molecule has 1 aliphatic carbocycles. The van der Waals surface area contributed by atoms with E-state index in [0.29, 0.717) is 17.5 Å². The predicted octanol–water partition coefficient (Wildman–Crippen LogP) is 2.50. The van der Waals surface area contributed by atoms with Gasteiger partial charge in [-0.05, 0) is 31.1 Å². The fourth-order valence-electron chi connectivity index (χ4n) is 3.58. The Hall–Kier alpha value is -0.870. The van der Waals surface area contributed by atoms with Gasteiger partial charge in [0.2, 0.25) is 0 Å². The van der Waals surface area contributed by atoms with Gasteiger partial charge in [0.05, 0.1) is 6.20 Å². The minimum absolute atomic E-state index is 0.308. The summed E-state index contributed by atoms with van der Waals surface area (Å²) in [7, 11) is 0. The molecule has 1 saturated heterocycles. The lowest BCUT2D eigenvalue weighted by Crippen LogP contribution is -2.60. The summed E-state index contributed by atoms with van der Waals surface area (Å²) in [6, 6.07) is 1.29. The Labute approximate surface area is 128 Å². The summed E-state index contributed by atoms with van der Waals surface area (Å²) in [6.07, 6.45) is 7.07. The normalized spacial score (nSPS) is 28.0. The van der Waals surface area contributed by atoms with Crippen LogP contribution in [-0.4, -0.2) is 39.9 Å². The first-order valence-corrected chi connectivity index (χ1v) is 8.46. The fourth-order valence-corrected chi connectivity index (χ4v) is 3.58. The Bertz CT molecular complexity index is 469. The summed E-state index contributed by atoms with van der Waals surface area (Å²) in [5.41, 5.74) is 1.66. The molecule has 0 bridgehead atoms. The van der Waals surface area contributed by atoms with Crippen molar-refractivity contribution in [1.29, 1.82) is 0 Å². The van der Waals surface area contributed by atoms with Crippen molar-refractivity contribution in [3.05, 3.63) is 18.0 Å². The molecule has 0 amide bonds. The van der Waals surface area contributed by atoms with Crippen LogP contribution in [0.5, 0.6) is 0 Å². The highest BCUT2D eigenvalue weighted by Crippen LogP contribution is 2.36. The first-order valence-electron chi connectivity index (χ1n) is 8.46. The minimum atomic E-state index is 0.308. The van der Waals surface area contributed by atoms with Crippen LogP contribution in [0.25, 0.3) is 0 Å². The molecule has 0 spiro atoms. The number of aryl methyl sites for hydroxylation is 1. The molecule has 0 radical (unpaired) electrons. The molecule has 1 saturated carbocycles. The molecule has 4 heteroatoms. The molecule has 3 rings (SSSR count). The van der Waals surface area contributed by atoms with Gasteiger partial charge in [0.25, 0.3) is 0 Å². The number of hydrogen-bond acceptors (Lipinski definition) is 3. The summed E-state index contributed by atoms with van der Waals surface area (Å²) in [4.78, 5) is 2.69. The zero-order valence-electron chi connectivity index (χ0n) is 14.0. The van der Waals surface area contributed by atoms with Gasteiger partial charge in [0, 0.05) is 50.0 Å². The molecule has 4 nitrogen and oxygen atoms in total. The van der Waals surface area contributed by atoms with Crippen LogP contribution < -0.4 is 5.32 Å². The lowest BCUT2D eigenvalue weighted by Gasteiger charge is -2.46. The number of piperazine rings is 1. The molecular weight excluding hydrogens is 260 g/mol. The maximum absolute atomic E-state index is 4.43. The lowest BCUT2D eigenvalue weighted by atomic mass is 9.83. The lowest BCUT2D eigenvalue weighted by molar-refractivity contribution is 0.0449. The molecule has 0 aromatic carbocycles. The van der Waals surface area contributed by atoms with Gasteiger partial charge in [-0.3, -0.25) is 9.58 Å². The van der Waals surface area contributed by atoms with Crippen LogP contribution in [0.1, 0.15) is 46.1 Å². The van der Waals surface area contributed by atoms with Crippen molar-refractivity contribution < 1.29 is 0 Å². The number of aromatic nitrogens is 2. The van der Waals surface area contributed by atoms with Crippen molar-refractivity contribution in [2.24, 2.45) is 11.3 Å². The van der Waals surface area contributed by atoms with Gasteiger partial charge in [-0.25, -0.2) is 0 Å². The SMILES string of the molecule is CCn1cc(CN2CC(C3CC3)NCC2C(C)(C)C)cn1. The van der Waals surface area contributed by atoms with Gasteiger partial charge in [-0.15, -0.1) is 0 Å². The van der Waals surface area contributed by atoms with Gasteiger partial charge >= 0.3 is 0 Å². The van der Waals surface area contributed by atoms with Crippen LogP contribution in [0.4, 0.5) is 0 Å². The van der Waals surface area contributed by atoms with E-state index in [1.165, 1.54) is 24.9 Å². The third kappa shape index (κ3) is 3.49. The molecule has 2 aliphatic rings. The Morgan fingerprint density at radius 1 is 1.33 bits per heavy atom. The van der Waals surface area contributed by atoms with Gasteiger partial charge in [-0.1, -0.05) is 20.8 Å². The highest BCUT2D eigenvalue weighted by atomic mass is 15.3. The first-order chi connectivity index (χ1) is 9.97. The largest absolute Gasteiger partial charge is 0.311 e. The summed E-state index contributed by atoms with van der Waals surface area (Å²) < 4.78 is 2.03. The number of rotatable bonds is 4. The van der Waals surface area contributed by atoms with Crippen LogP contribution in [0.2, 0.25) is 0 Å². The highest BCUT2D eigenvalue weighted by molar-refractivity contribution is 5.06. The molecule has 1 aliphatic heterocycles. The van der Waals surface area contributed by atoms with E-state index in [9.17, 15) is 0 Å². The Balaban J connectivity index is 1.72. The maximum Gasteiger partial charge on any atom is 0.0534 e. The number of hydrogen-bond donors (Lipinski definition) is 1. The molecule has 2 heterocycles. The molecule has 118 valence electrons. The van der Waals surface area contributed by atoms with E-state index in [1.807, 2.05) is 10.9 Å². The van der Waals surface area contributed by atoms with Crippen LogP contribution >= 0.6 is 0 Å². The maximum atomic E-state index is 4.43. The third-order valence-electron chi connectivity index (χ3n) is 5.03. The summed E-state index contributed by atoms with van der Waals surface area (Å²) in [5, 5.41) is 8.24. The van der Waals surface area contributed by atoms with Crippen molar-refractivity contribution >= 4 is 0 Å². The topological polar surface area (TPSA) is 33.1 Å². The van der Waals surface area contributed by atoms with E-state index in [-0.39, 0.29) is 0 Å². The van der Waals surface area contributed by atoms with Crippen LogP contribution in [-0.2, 0) is 13.1 Å². The Morgan fingerprint density at radius 2 is 2.10 bits per heavy atom. The van der Waals surface area contributed by atoms with E-state index in [2.05, 4.69) is 49.2 Å². The second-order valence-electron chi connectivity index (χ2n) is 7.87.